The van der Waals surface area contributed by atoms with Crippen LogP contribution in [0.15, 0.2) is 72.8 Å². The van der Waals surface area contributed by atoms with Crippen LogP contribution in [0, 0.1) is 17.1 Å². The average molecular weight is 552 g/mol. The number of amides is 3. The number of carbonyl (C=O) groups is 3. The van der Waals surface area contributed by atoms with Crippen molar-refractivity contribution in [2.75, 3.05) is 19.0 Å². The van der Waals surface area contributed by atoms with E-state index in [2.05, 4.69) is 21.7 Å². The van der Waals surface area contributed by atoms with Gasteiger partial charge in [0.05, 0.1) is 18.6 Å². The van der Waals surface area contributed by atoms with E-state index in [-0.39, 0.29) is 31.0 Å². The van der Waals surface area contributed by atoms with Crippen LogP contribution in [-0.2, 0) is 21.4 Å². The Kier molecular flexibility index (Phi) is 6.42. The minimum Gasteiger partial charge on any atom is -0.496 e. The summed E-state index contributed by atoms with van der Waals surface area (Å²) in [5, 5.41) is 16.4. The van der Waals surface area contributed by atoms with Gasteiger partial charge in [-0.1, -0.05) is 36.4 Å². The van der Waals surface area contributed by atoms with Gasteiger partial charge < -0.3 is 25.3 Å². The molecular weight excluding hydrogens is 525 g/mol. The highest BCUT2D eigenvalue weighted by Crippen LogP contribution is 2.46. The number of nitrogens with one attached hydrogen (secondary N) is 3. The van der Waals surface area contributed by atoms with Gasteiger partial charge in [0.1, 0.15) is 29.3 Å². The third-order valence-corrected chi connectivity index (χ3v) is 7.94. The van der Waals surface area contributed by atoms with Gasteiger partial charge in [0.25, 0.3) is 5.91 Å². The predicted molar refractivity (Wildman–Crippen MR) is 149 cm³/mol. The molecule has 3 aromatic carbocycles. The zero-order valence-electron chi connectivity index (χ0n) is 22.1. The molecular formula is C31H26FN5O4. The van der Waals surface area contributed by atoms with Crippen molar-refractivity contribution in [1.82, 2.24) is 15.2 Å². The molecule has 0 bridgehead atoms. The van der Waals surface area contributed by atoms with Gasteiger partial charge in [-0.15, -0.1) is 0 Å². The third-order valence-electron chi connectivity index (χ3n) is 7.94. The summed E-state index contributed by atoms with van der Waals surface area (Å²) in [6.45, 7) is -0.0218. The highest BCUT2D eigenvalue weighted by molar-refractivity contribution is 6.07. The molecule has 206 valence electrons. The number of anilines is 1. The number of methoxy groups -OCH3 is 1. The van der Waals surface area contributed by atoms with Gasteiger partial charge in [-0.25, -0.2) is 4.39 Å². The first-order valence-corrected chi connectivity index (χ1v) is 13.1. The summed E-state index contributed by atoms with van der Waals surface area (Å²) in [5.41, 5.74) is 1.70. The molecule has 10 heteroatoms. The van der Waals surface area contributed by atoms with Gasteiger partial charge in [0.2, 0.25) is 11.8 Å². The highest BCUT2D eigenvalue weighted by Gasteiger charge is 2.56. The number of halogens is 1. The van der Waals surface area contributed by atoms with Gasteiger partial charge in [0, 0.05) is 36.0 Å². The number of hydrogen-bond acceptors (Lipinski definition) is 5. The molecule has 1 aromatic heterocycles. The smallest absolute Gasteiger partial charge is 0.268 e. The first-order chi connectivity index (χ1) is 19.8. The molecule has 3 heterocycles. The van der Waals surface area contributed by atoms with E-state index in [9.17, 15) is 24.0 Å². The Bertz CT molecular complexity index is 1740. The summed E-state index contributed by atoms with van der Waals surface area (Å²) >= 11 is 0. The number of rotatable bonds is 6. The van der Waals surface area contributed by atoms with Crippen molar-refractivity contribution in [2.24, 2.45) is 0 Å². The molecule has 9 nitrogen and oxygen atoms in total. The van der Waals surface area contributed by atoms with Crippen LogP contribution in [0.3, 0.4) is 0 Å². The second kappa shape index (κ2) is 10.1. The topological polar surface area (TPSA) is 127 Å². The summed E-state index contributed by atoms with van der Waals surface area (Å²) in [4.78, 5) is 45.2. The van der Waals surface area contributed by atoms with Crippen LogP contribution < -0.4 is 15.4 Å². The van der Waals surface area contributed by atoms with Crippen LogP contribution in [0.5, 0.6) is 5.75 Å². The lowest BCUT2D eigenvalue weighted by Gasteiger charge is -2.27. The number of likely N-dealkylation sites (tertiary alicyclic amines) is 1. The molecule has 1 spiro atoms. The predicted octanol–water partition coefficient (Wildman–Crippen LogP) is 3.67. The van der Waals surface area contributed by atoms with Crippen molar-refractivity contribution >= 4 is 34.3 Å². The Balaban J connectivity index is 1.33. The Morgan fingerprint density at radius 2 is 1.98 bits per heavy atom. The van der Waals surface area contributed by atoms with Crippen LogP contribution in [0.25, 0.3) is 10.9 Å². The fraction of sp³-hybridized carbons (Fsp3) is 0.226. The molecule has 1 fully saturated rings. The summed E-state index contributed by atoms with van der Waals surface area (Å²) in [6, 6.07) is 20.2. The minimum atomic E-state index is -1.14. The molecule has 0 saturated carbocycles. The summed E-state index contributed by atoms with van der Waals surface area (Å²) < 4.78 is 19.4. The number of aromatic nitrogens is 1. The van der Waals surface area contributed by atoms with Crippen molar-refractivity contribution in [3.05, 3.63) is 95.4 Å². The molecule has 1 saturated heterocycles. The van der Waals surface area contributed by atoms with E-state index >= 15 is 0 Å². The molecule has 3 amide bonds. The van der Waals surface area contributed by atoms with E-state index in [0.29, 0.717) is 27.9 Å². The molecule has 0 radical (unpaired) electrons. The zero-order chi connectivity index (χ0) is 28.7. The molecule has 3 N–H and O–H groups in total. The lowest BCUT2D eigenvalue weighted by molar-refractivity contribution is -0.133. The van der Waals surface area contributed by atoms with Crippen LogP contribution >= 0.6 is 0 Å². The Hall–Kier alpha value is -5.17. The largest absolute Gasteiger partial charge is 0.496 e. The standard InChI is InChI=1S/C31H26FN5O4/c1-41-27-11-5-10-23-21(27)14-25(34-23)28(38)35-26(13-18-6-4-7-19(32)12-18)29(39)37-17-31(15-20(37)16-33)22-8-2-3-9-24(22)36-30(31)40/h2-12,14,20,26,34H,13,15,17H2,1H3,(H,35,38)(H,36,40)/t20-,26-,31-/m0/s1. The van der Waals surface area contributed by atoms with Crippen LogP contribution in [-0.4, -0.2) is 53.3 Å². The van der Waals surface area contributed by atoms with Gasteiger partial charge >= 0.3 is 0 Å². The maximum absolute atomic E-state index is 14.1. The van der Waals surface area contributed by atoms with Crippen molar-refractivity contribution in [3.8, 4) is 11.8 Å². The number of para-hydroxylation sites is 1. The quantitative estimate of drug-likeness (QED) is 0.337. The summed E-state index contributed by atoms with van der Waals surface area (Å²) in [6.07, 6.45) is 0.108. The average Bonchev–Trinajstić information content (AvgIpc) is 3.66. The van der Waals surface area contributed by atoms with Crippen LogP contribution in [0.2, 0.25) is 0 Å². The lowest BCUT2D eigenvalue weighted by Crippen LogP contribution is -2.51. The Labute approximate surface area is 234 Å². The highest BCUT2D eigenvalue weighted by atomic mass is 19.1. The van der Waals surface area contributed by atoms with E-state index in [4.69, 9.17) is 4.74 Å². The number of carbonyl (C=O) groups excluding carboxylic acids is 3. The molecule has 2 aliphatic rings. The SMILES string of the molecule is COc1cccc2[nH]c(C(=O)N[C@@H](Cc3cccc(F)c3)C(=O)N3C[C@]4(C[C@H]3C#N)C(=O)Nc3ccccc34)cc12. The number of nitrogens with zero attached hydrogens (tertiary/aromatic N) is 2. The monoisotopic (exact) mass is 551 g/mol. The maximum Gasteiger partial charge on any atom is 0.268 e. The third kappa shape index (κ3) is 4.45. The van der Waals surface area contributed by atoms with Crippen molar-refractivity contribution in [1.29, 1.82) is 5.26 Å². The summed E-state index contributed by atoms with van der Waals surface area (Å²) in [5.74, 6) is -1.25. The molecule has 0 aliphatic carbocycles. The van der Waals surface area contributed by atoms with Gasteiger partial charge in [-0.05, 0) is 47.5 Å². The number of benzene rings is 3. The number of fused-ring (bicyclic) bond motifs is 3. The Morgan fingerprint density at radius 3 is 2.76 bits per heavy atom. The molecule has 41 heavy (non-hydrogen) atoms. The normalized spacial score (nSPS) is 20.0. The number of aromatic amines is 1. The van der Waals surface area contributed by atoms with E-state index in [1.54, 1.807) is 36.4 Å². The number of ether oxygens (including phenoxy) is 1. The number of hydrogen-bond donors (Lipinski definition) is 3. The first kappa shape index (κ1) is 26.1. The Morgan fingerprint density at radius 1 is 1.17 bits per heavy atom. The molecule has 3 atom stereocenters. The van der Waals surface area contributed by atoms with Gasteiger partial charge in [-0.3, -0.25) is 14.4 Å². The van der Waals surface area contributed by atoms with E-state index < -0.39 is 35.1 Å². The van der Waals surface area contributed by atoms with E-state index in [0.717, 1.165) is 5.56 Å². The van der Waals surface area contributed by atoms with E-state index in [1.165, 1.54) is 30.2 Å². The molecule has 0 unspecified atom stereocenters. The molecule has 4 aromatic rings. The fourth-order valence-electron chi connectivity index (χ4n) is 5.95. The first-order valence-electron chi connectivity index (χ1n) is 13.1. The van der Waals surface area contributed by atoms with Gasteiger partial charge in [0.15, 0.2) is 0 Å². The molecule has 6 rings (SSSR count). The van der Waals surface area contributed by atoms with Crippen LogP contribution in [0.4, 0.5) is 10.1 Å². The van der Waals surface area contributed by atoms with Crippen molar-refractivity contribution in [2.45, 2.75) is 30.3 Å². The second-order valence-corrected chi connectivity index (χ2v) is 10.4. The zero-order valence-corrected chi connectivity index (χ0v) is 22.1. The van der Waals surface area contributed by atoms with Crippen molar-refractivity contribution < 1.29 is 23.5 Å². The summed E-state index contributed by atoms with van der Waals surface area (Å²) in [7, 11) is 1.53. The lowest BCUT2D eigenvalue weighted by atomic mass is 9.80. The second-order valence-electron chi connectivity index (χ2n) is 10.4. The number of nitriles is 1. The minimum absolute atomic E-state index is 0.0175. The fourth-order valence-corrected chi connectivity index (χ4v) is 5.95. The van der Waals surface area contributed by atoms with E-state index in [1.807, 2.05) is 18.2 Å². The van der Waals surface area contributed by atoms with Crippen LogP contribution in [0.1, 0.15) is 28.0 Å². The molecule has 2 aliphatic heterocycles. The maximum atomic E-state index is 14.1. The van der Waals surface area contributed by atoms with Gasteiger partial charge in [-0.2, -0.15) is 5.26 Å². The number of H-pyrrole nitrogens is 1. The van der Waals surface area contributed by atoms with Crippen molar-refractivity contribution in [3.63, 3.8) is 0 Å².